The van der Waals surface area contributed by atoms with E-state index in [1.165, 1.54) is 70.5 Å². The average Bonchev–Trinajstić information content (AvgIpc) is 3.58. The Morgan fingerprint density at radius 3 is 2.41 bits per heavy atom. The van der Waals surface area contributed by atoms with Crippen molar-refractivity contribution in [3.63, 3.8) is 0 Å². The number of nitriles is 1. The minimum atomic E-state index is -3.04. The fraction of sp³-hybridized carbons (Fsp3) is 0.792. The third-order valence-electron chi connectivity index (χ3n) is 18.7. The summed E-state index contributed by atoms with van der Waals surface area (Å²) in [6.07, 6.45) is 27.6. The van der Waals surface area contributed by atoms with Crippen LogP contribution in [0.15, 0.2) is 41.6 Å². The van der Waals surface area contributed by atoms with Crippen LogP contribution in [0.4, 0.5) is 0 Å². The Morgan fingerprint density at radius 1 is 0.911 bits per heavy atom. The van der Waals surface area contributed by atoms with E-state index < -0.39 is 15.4 Å². The summed E-state index contributed by atoms with van der Waals surface area (Å²) in [5.74, 6) is 3.77. The highest BCUT2D eigenvalue weighted by atomic mass is 32.2. The van der Waals surface area contributed by atoms with Crippen LogP contribution >= 0.6 is 0 Å². The Bertz CT molecular complexity index is 1870. The molecule has 2 N–H and O–H groups in total. The number of pyridine rings is 1. The fourth-order valence-electron chi connectivity index (χ4n) is 15.5. The summed E-state index contributed by atoms with van der Waals surface area (Å²) >= 11 is 0. The number of hydrogen-bond donors (Lipinski definition) is 2. The van der Waals surface area contributed by atoms with Gasteiger partial charge in [-0.25, -0.2) is 13.4 Å². The van der Waals surface area contributed by atoms with Crippen molar-refractivity contribution in [3.8, 4) is 11.9 Å². The van der Waals surface area contributed by atoms with Gasteiger partial charge in [-0.1, -0.05) is 53.2 Å². The minimum absolute atomic E-state index is 0.141. The lowest BCUT2D eigenvalue weighted by Crippen LogP contribution is -2.67. The molecule has 1 heterocycles. The van der Waals surface area contributed by atoms with E-state index in [1.807, 2.05) is 0 Å². The molecule has 2 unspecified atom stereocenters. The molecule has 56 heavy (non-hydrogen) atoms. The van der Waals surface area contributed by atoms with Gasteiger partial charge in [-0.15, -0.1) is 0 Å². The molecule has 8 rings (SSSR count). The van der Waals surface area contributed by atoms with Crippen molar-refractivity contribution in [3.05, 3.63) is 47.2 Å². The molecular weight excluding hydrogens is 715 g/mol. The number of sulfone groups is 1. The van der Waals surface area contributed by atoms with Crippen molar-refractivity contribution in [2.45, 2.75) is 167 Å². The second-order valence-electron chi connectivity index (χ2n) is 21.4. The average molecular weight is 786 g/mol. The Balaban J connectivity index is 0.937. The third kappa shape index (κ3) is 6.65. The maximum absolute atomic E-state index is 12.1. The molecule has 9 atom stereocenters. The zero-order valence-electron chi connectivity index (χ0n) is 35.5. The summed E-state index contributed by atoms with van der Waals surface area (Å²) in [5.41, 5.74) is 4.26. The molecule has 0 radical (unpaired) electrons. The van der Waals surface area contributed by atoms with Crippen LogP contribution < -0.4 is 10.1 Å². The van der Waals surface area contributed by atoms with Crippen LogP contribution in [0.5, 0.6) is 5.88 Å². The van der Waals surface area contributed by atoms with Gasteiger partial charge in [-0.2, -0.15) is 5.26 Å². The van der Waals surface area contributed by atoms with Crippen LogP contribution in [0, 0.1) is 62.6 Å². The first kappa shape index (κ1) is 40.6. The number of aromatic nitrogens is 1. The molecule has 1 aromatic rings. The number of aliphatic hydroxyl groups is 1. The van der Waals surface area contributed by atoms with Crippen molar-refractivity contribution in [1.82, 2.24) is 10.3 Å². The number of fused-ring (bicyclic) bond motifs is 7. The first-order valence-corrected chi connectivity index (χ1v) is 24.5. The van der Waals surface area contributed by atoms with Gasteiger partial charge in [-0.05, 0) is 190 Å². The maximum atomic E-state index is 12.1. The molecule has 0 amide bonds. The molecule has 0 bridgehead atoms. The van der Waals surface area contributed by atoms with Crippen LogP contribution in [-0.4, -0.2) is 54.3 Å². The number of nitrogens with one attached hydrogen (secondary N) is 1. The lowest BCUT2D eigenvalue weighted by atomic mass is 9.33. The molecule has 7 aliphatic rings. The van der Waals surface area contributed by atoms with E-state index in [9.17, 15) is 18.8 Å². The number of rotatable bonds is 9. The van der Waals surface area contributed by atoms with Gasteiger partial charge >= 0.3 is 0 Å². The summed E-state index contributed by atoms with van der Waals surface area (Å²) in [6.45, 7) is 14.8. The van der Waals surface area contributed by atoms with E-state index in [0.29, 0.717) is 77.7 Å². The van der Waals surface area contributed by atoms with E-state index in [2.05, 4.69) is 63.1 Å². The van der Waals surface area contributed by atoms with Crippen molar-refractivity contribution >= 4 is 9.84 Å². The zero-order chi connectivity index (χ0) is 39.8. The molecule has 0 spiro atoms. The topological polar surface area (TPSA) is 112 Å². The van der Waals surface area contributed by atoms with E-state index in [4.69, 9.17) is 4.74 Å². The summed E-state index contributed by atoms with van der Waals surface area (Å²) < 4.78 is 30.3. The second-order valence-corrected chi connectivity index (χ2v) is 23.8. The third-order valence-corrected chi connectivity index (χ3v) is 20.4. The first-order valence-electron chi connectivity index (χ1n) is 22.5. The van der Waals surface area contributed by atoms with Crippen LogP contribution in [0.25, 0.3) is 0 Å². The second kappa shape index (κ2) is 14.5. The Morgan fingerprint density at radius 2 is 1.70 bits per heavy atom. The van der Waals surface area contributed by atoms with Gasteiger partial charge in [0, 0.05) is 18.0 Å². The van der Waals surface area contributed by atoms with Gasteiger partial charge in [0.1, 0.15) is 21.5 Å². The van der Waals surface area contributed by atoms with Crippen LogP contribution in [0.1, 0.15) is 156 Å². The van der Waals surface area contributed by atoms with Crippen molar-refractivity contribution in [1.29, 1.82) is 5.26 Å². The molecule has 1 aromatic heterocycles. The Labute approximate surface area is 338 Å². The molecular formula is C48H71N3O4S. The number of ether oxygens (including phenoxy) is 1. The molecule has 308 valence electrons. The van der Waals surface area contributed by atoms with Gasteiger partial charge in [0.15, 0.2) is 0 Å². The van der Waals surface area contributed by atoms with E-state index in [1.54, 1.807) is 29.5 Å². The molecule has 5 saturated carbocycles. The van der Waals surface area contributed by atoms with Crippen molar-refractivity contribution in [2.75, 3.05) is 19.4 Å². The summed E-state index contributed by atoms with van der Waals surface area (Å²) in [5, 5.41) is 24.8. The standard InChI is InChI=1S/C48H71N3O4S/c1-43(2)37(34-13-11-33(12-14-34)32-55-42-35(31-49)9-8-29-50-42)19-22-44(3)40(43)20-23-46(5)41(44)16-15-38-39-10-7-21-48(39,27-26-45(38,46)4)51-30-28-47(52)24-17-36(18-25-47)56(6,53)54/h8-9,13,19,29,33,36,38-41,51-52H,7,10-12,14-18,20-28,30,32H2,1-6H3/t33-,36-,38+,39+,40?,41?,44-,45+,46+,47+,48-/m0/s1. The highest BCUT2D eigenvalue weighted by Crippen LogP contribution is 2.76. The molecule has 8 heteroatoms. The summed E-state index contributed by atoms with van der Waals surface area (Å²) in [6, 6.07) is 5.76. The SMILES string of the molecule is CC1(C)C(C2=CC[C@H](COc3ncccc3C#N)CC2)=CC[C@@]2(C)C1CC[C@]1(C)C2CC[C@@H]2[C@H]3CCC[C@]3(NCC[C@]3(O)CC[C@@H](S(C)(=O)=O)CC3)CC[C@]21C. The van der Waals surface area contributed by atoms with Gasteiger partial charge in [0.05, 0.1) is 17.5 Å². The lowest BCUT2D eigenvalue weighted by Gasteiger charge is -2.72. The predicted molar refractivity (Wildman–Crippen MR) is 224 cm³/mol. The van der Waals surface area contributed by atoms with Crippen molar-refractivity contribution in [2.24, 2.45) is 51.2 Å². The monoisotopic (exact) mass is 786 g/mol. The molecule has 7 nitrogen and oxygen atoms in total. The Kier molecular flexibility index (Phi) is 10.5. The normalized spacial score (nSPS) is 43.2. The number of hydrogen-bond acceptors (Lipinski definition) is 7. The zero-order valence-corrected chi connectivity index (χ0v) is 36.3. The highest BCUT2D eigenvalue weighted by molar-refractivity contribution is 7.91. The smallest absolute Gasteiger partial charge is 0.231 e. The highest BCUT2D eigenvalue weighted by Gasteiger charge is 2.69. The lowest BCUT2D eigenvalue weighted by molar-refractivity contribution is -0.218. The summed E-state index contributed by atoms with van der Waals surface area (Å²) in [4.78, 5) is 4.30. The molecule has 0 saturated heterocycles. The first-order chi connectivity index (χ1) is 26.5. The minimum Gasteiger partial charge on any atom is -0.476 e. The molecule has 0 aliphatic heterocycles. The van der Waals surface area contributed by atoms with Crippen LogP contribution in [0.2, 0.25) is 0 Å². The molecule has 0 aromatic carbocycles. The number of allylic oxidation sites excluding steroid dienone is 4. The van der Waals surface area contributed by atoms with Gasteiger partial charge in [-0.3, -0.25) is 0 Å². The molecule has 7 aliphatic carbocycles. The largest absolute Gasteiger partial charge is 0.476 e. The number of nitrogens with zero attached hydrogens (tertiary/aromatic N) is 2. The van der Waals surface area contributed by atoms with Crippen molar-refractivity contribution < 1.29 is 18.3 Å². The fourth-order valence-corrected chi connectivity index (χ4v) is 16.5. The van der Waals surface area contributed by atoms with Gasteiger partial charge in [0.2, 0.25) is 5.88 Å². The van der Waals surface area contributed by atoms with E-state index >= 15 is 0 Å². The summed E-state index contributed by atoms with van der Waals surface area (Å²) in [7, 11) is -3.04. The van der Waals surface area contributed by atoms with Crippen LogP contribution in [0.3, 0.4) is 0 Å². The van der Waals surface area contributed by atoms with Crippen LogP contribution in [-0.2, 0) is 9.84 Å². The van der Waals surface area contributed by atoms with Gasteiger partial charge in [0.25, 0.3) is 0 Å². The van der Waals surface area contributed by atoms with Gasteiger partial charge < -0.3 is 15.2 Å². The van der Waals surface area contributed by atoms with E-state index in [0.717, 1.165) is 44.1 Å². The maximum Gasteiger partial charge on any atom is 0.231 e. The predicted octanol–water partition coefficient (Wildman–Crippen LogP) is 9.90. The van der Waals surface area contributed by atoms with E-state index in [-0.39, 0.29) is 16.2 Å². The quantitative estimate of drug-likeness (QED) is 0.256. The molecule has 5 fully saturated rings. The Hall–Kier alpha value is -2.21.